The summed E-state index contributed by atoms with van der Waals surface area (Å²) in [4.78, 5) is 26.1. The zero-order valence-electron chi connectivity index (χ0n) is 13.1. The van der Waals surface area contributed by atoms with Crippen LogP contribution in [0.4, 0.5) is 5.82 Å². The van der Waals surface area contributed by atoms with E-state index in [9.17, 15) is 9.59 Å². The van der Waals surface area contributed by atoms with Crippen LogP contribution in [0.25, 0.3) is 0 Å². The molecule has 7 heteroatoms. The molecule has 0 spiro atoms. The first-order valence-electron chi connectivity index (χ1n) is 7.27. The number of ether oxygens (including phenoxy) is 1. The van der Waals surface area contributed by atoms with Gasteiger partial charge in [0.2, 0.25) is 5.91 Å². The molecular formula is C16H19N3O4. The Morgan fingerprint density at radius 2 is 2.17 bits per heavy atom. The molecule has 23 heavy (non-hydrogen) atoms. The number of hydrogen-bond acceptors (Lipinski definition) is 5. The number of rotatable bonds is 7. The summed E-state index contributed by atoms with van der Waals surface area (Å²) < 4.78 is 9.78. The smallest absolute Gasteiger partial charge is 0.254 e. The Bertz CT molecular complexity index is 655. The van der Waals surface area contributed by atoms with Gasteiger partial charge in [-0.15, -0.1) is 0 Å². The van der Waals surface area contributed by atoms with Crippen LogP contribution in [0.3, 0.4) is 0 Å². The largest absolute Gasteiger partial charge is 0.497 e. The van der Waals surface area contributed by atoms with E-state index in [4.69, 9.17) is 4.74 Å². The first-order valence-corrected chi connectivity index (χ1v) is 7.27. The molecule has 0 aliphatic heterocycles. The number of carbonyl (C=O) groups excluding carboxylic acids is 2. The number of nitrogens with one attached hydrogen (secondary N) is 1. The molecule has 122 valence electrons. The lowest BCUT2D eigenvalue weighted by atomic mass is 10.2. The summed E-state index contributed by atoms with van der Waals surface area (Å²) in [6.07, 6.45) is 2.10. The van der Waals surface area contributed by atoms with E-state index in [1.54, 1.807) is 31.4 Å². The van der Waals surface area contributed by atoms with Gasteiger partial charge < -0.3 is 19.5 Å². The fraction of sp³-hybridized carbons (Fsp3) is 0.312. The Morgan fingerprint density at radius 1 is 1.35 bits per heavy atom. The van der Waals surface area contributed by atoms with Crippen molar-refractivity contribution in [2.24, 2.45) is 0 Å². The van der Waals surface area contributed by atoms with E-state index in [0.29, 0.717) is 23.7 Å². The number of carbonyl (C=O) groups is 2. The van der Waals surface area contributed by atoms with Crippen LogP contribution in [0.1, 0.15) is 23.7 Å². The summed E-state index contributed by atoms with van der Waals surface area (Å²) in [6.45, 7) is 2.36. The number of nitrogens with zero attached hydrogens (tertiary/aromatic N) is 2. The van der Waals surface area contributed by atoms with Crippen molar-refractivity contribution in [3.8, 4) is 5.75 Å². The number of benzene rings is 1. The van der Waals surface area contributed by atoms with Crippen LogP contribution in [-0.4, -0.2) is 42.1 Å². The highest BCUT2D eigenvalue weighted by molar-refractivity contribution is 5.99. The number of amides is 2. The molecule has 0 fully saturated rings. The van der Waals surface area contributed by atoms with E-state index in [-0.39, 0.29) is 18.4 Å². The second kappa shape index (κ2) is 7.98. The van der Waals surface area contributed by atoms with Gasteiger partial charge in [-0.05, 0) is 24.6 Å². The van der Waals surface area contributed by atoms with E-state index in [0.717, 1.165) is 6.42 Å². The molecule has 2 amide bonds. The summed E-state index contributed by atoms with van der Waals surface area (Å²) >= 11 is 0. The highest BCUT2D eigenvalue weighted by Gasteiger charge is 2.19. The number of methoxy groups -OCH3 is 1. The molecule has 0 radical (unpaired) electrons. The lowest BCUT2D eigenvalue weighted by Crippen LogP contribution is -2.38. The third kappa shape index (κ3) is 4.57. The Balaban J connectivity index is 2.07. The predicted molar refractivity (Wildman–Crippen MR) is 84.3 cm³/mol. The normalized spacial score (nSPS) is 10.2. The van der Waals surface area contributed by atoms with E-state index in [2.05, 4.69) is 15.0 Å². The third-order valence-corrected chi connectivity index (χ3v) is 3.14. The lowest BCUT2D eigenvalue weighted by Gasteiger charge is -2.21. The van der Waals surface area contributed by atoms with Crippen LogP contribution in [0.15, 0.2) is 41.1 Å². The molecule has 0 unspecified atom stereocenters. The molecule has 0 aliphatic carbocycles. The molecule has 2 rings (SSSR count). The maximum Gasteiger partial charge on any atom is 0.254 e. The van der Waals surface area contributed by atoms with Gasteiger partial charge in [0.15, 0.2) is 5.82 Å². The van der Waals surface area contributed by atoms with Crippen LogP contribution in [0.2, 0.25) is 0 Å². The minimum absolute atomic E-state index is 0.0588. The molecule has 1 heterocycles. The van der Waals surface area contributed by atoms with Crippen molar-refractivity contribution in [1.29, 1.82) is 0 Å². The van der Waals surface area contributed by atoms with E-state index < -0.39 is 0 Å². The quantitative estimate of drug-likeness (QED) is 0.846. The van der Waals surface area contributed by atoms with Crippen molar-refractivity contribution >= 4 is 17.6 Å². The van der Waals surface area contributed by atoms with Gasteiger partial charge in [-0.2, -0.15) is 0 Å². The van der Waals surface area contributed by atoms with Gasteiger partial charge in [-0.1, -0.05) is 18.1 Å². The van der Waals surface area contributed by atoms with Crippen LogP contribution in [-0.2, 0) is 4.79 Å². The van der Waals surface area contributed by atoms with Crippen molar-refractivity contribution in [3.63, 3.8) is 0 Å². The molecule has 0 saturated heterocycles. The standard InChI is InChI=1S/C16H19N3O4/c1-3-8-19(11-15(20)17-14-7-9-23-18-14)16(21)12-5-4-6-13(10-12)22-2/h4-7,9-10H,3,8,11H2,1-2H3,(H,17,18,20). The summed E-state index contributed by atoms with van der Waals surface area (Å²) in [7, 11) is 1.54. The highest BCUT2D eigenvalue weighted by Crippen LogP contribution is 2.15. The Labute approximate surface area is 134 Å². The Kier molecular flexibility index (Phi) is 5.74. The molecule has 0 bridgehead atoms. The van der Waals surface area contributed by atoms with Crippen molar-refractivity contribution in [3.05, 3.63) is 42.2 Å². The van der Waals surface area contributed by atoms with Gasteiger partial charge in [0, 0.05) is 18.2 Å². The van der Waals surface area contributed by atoms with Crippen molar-refractivity contribution < 1.29 is 18.8 Å². The second-order valence-corrected chi connectivity index (χ2v) is 4.89. The predicted octanol–water partition coefficient (Wildman–Crippen LogP) is 2.17. The summed E-state index contributed by atoms with van der Waals surface area (Å²) in [5.41, 5.74) is 0.479. The van der Waals surface area contributed by atoms with E-state index >= 15 is 0 Å². The molecule has 0 atom stereocenters. The number of aromatic nitrogens is 1. The van der Waals surface area contributed by atoms with Crippen molar-refractivity contribution in [1.82, 2.24) is 10.1 Å². The molecule has 7 nitrogen and oxygen atoms in total. The van der Waals surface area contributed by atoms with Gasteiger partial charge in [0.25, 0.3) is 5.91 Å². The molecule has 1 aromatic carbocycles. The van der Waals surface area contributed by atoms with Gasteiger partial charge in [0.05, 0.1) is 7.11 Å². The average molecular weight is 317 g/mol. The fourth-order valence-electron chi connectivity index (χ4n) is 2.09. The topological polar surface area (TPSA) is 84.7 Å². The van der Waals surface area contributed by atoms with Crippen LogP contribution in [0, 0.1) is 0 Å². The maximum absolute atomic E-state index is 12.6. The fourth-order valence-corrected chi connectivity index (χ4v) is 2.09. The van der Waals surface area contributed by atoms with Crippen LogP contribution < -0.4 is 10.1 Å². The lowest BCUT2D eigenvalue weighted by molar-refractivity contribution is -0.116. The van der Waals surface area contributed by atoms with Crippen LogP contribution >= 0.6 is 0 Å². The third-order valence-electron chi connectivity index (χ3n) is 3.14. The number of hydrogen-bond donors (Lipinski definition) is 1. The van der Waals surface area contributed by atoms with Gasteiger partial charge in [0.1, 0.15) is 18.6 Å². The van der Waals surface area contributed by atoms with Gasteiger partial charge >= 0.3 is 0 Å². The zero-order valence-corrected chi connectivity index (χ0v) is 13.1. The Morgan fingerprint density at radius 3 is 2.83 bits per heavy atom. The molecule has 0 saturated carbocycles. The monoisotopic (exact) mass is 317 g/mol. The van der Waals surface area contributed by atoms with Gasteiger partial charge in [-0.3, -0.25) is 9.59 Å². The summed E-state index contributed by atoms with van der Waals surface area (Å²) in [5, 5.41) is 6.19. The van der Waals surface area contributed by atoms with E-state index in [1.165, 1.54) is 17.2 Å². The first kappa shape index (κ1) is 16.5. The van der Waals surface area contributed by atoms with Crippen LogP contribution in [0.5, 0.6) is 5.75 Å². The number of anilines is 1. The van der Waals surface area contributed by atoms with Crippen molar-refractivity contribution in [2.45, 2.75) is 13.3 Å². The van der Waals surface area contributed by atoms with E-state index in [1.807, 2.05) is 6.92 Å². The summed E-state index contributed by atoms with van der Waals surface area (Å²) in [6, 6.07) is 8.39. The summed E-state index contributed by atoms with van der Waals surface area (Å²) in [5.74, 6) is 0.365. The SMILES string of the molecule is CCCN(CC(=O)Nc1ccon1)C(=O)c1cccc(OC)c1. The molecule has 1 aromatic heterocycles. The van der Waals surface area contributed by atoms with Crippen molar-refractivity contribution in [2.75, 3.05) is 25.5 Å². The molecular weight excluding hydrogens is 298 g/mol. The average Bonchev–Trinajstić information content (AvgIpc) is 3.06. The highest BCUT2D eigenvalue weighted by atomic mass is 16.5. The molecule has 1 N–H and O–H groups in total. The molecule has 2 aromatic rings. The minimum Gasteiger partial charge on any atom is -0.497 e. The first-order chi connectivity index (χ1) is 11.1. The minimum atomic E-state index is -0.330. The Hall–Kier alpha value is -2.83. The molecule has 0 aliphatic rings. The van der Waals surface area contributed by atoms with Gasteiger partial charge in [-0.25, -0.2) is 0 Å². The second-order valence-electron chi connectivity index (χ2n) is 4.89. The maximum atomic E-state index is 12.6. The zero-order chi connectivity index (χ0) is 16.7.